The zero-order valence-corrected chi connectivity index (χ0v) is 19.1. The van der Waals surface area contributed by atoms with Gasteiger partial charge in [-0.1, -0.05) is 12.2 Å². The third-order valence-corrected chi connectivity index (χ3v) is 5.71. The molecule has 182 valence electrons. The van der Waals surface area contributed by atoms with Crippen LogP contribution in [0.25, 0.3) is 10.9 Å². The van der Waals surface area contributed by atoms with Crippen LogP contribution in [0, 0.1) is 11.6 Å². The first-order valence-corrected chi connectivity index (χ1v) is 11.0. The molecule has 2 aromatic rings. The fourth-order valence-corrected chi connectivity index (χ4v) is 4.06. The highest BCUT2D eigenvalue weighted by atomic mass is 19.2. The molecule has 10 heteroatoms. The Balaban J connectivity index is 1.91. The molecule has 2 atom stereocenters. The zero-order chi connectivity index (χ0) is 24.9. The highest BCUT2D eigenvalue weighted by Crippen LogP contribution is 2.41. The molecule has 0 bridgehead atoms. The van der Waals surface area contributed by atoms with Crippen LogP contribution in [0.5, 0.6) is 5.75 Å². The molecule has 0 radical (unpaired) electrons. The molecule has 1 aliphatic carbocycles. The fraction of sp³-hybridized carbons (Fsp3) is 0.458. The zero-order valence-electron chi connectivity index (χ0n) is 19.1. The molecule has 2 heterocycles. The predicted octanol–water partition coefficient (Wildman–Crippen LogP) is 3.32. The molecule has 2 N–H and O–H groups in total. The van der Waals surface area contributed by atoms with Gasteiger partial charge in [0.15, 0.2) is 11.6 Å². The van der Waals surface area contributed by atoms with Crippen LogP contribution in [0.15, 0.2) is 29.2 Å². The normalized spacial score (nSPS) is 19.3. The number of fused-ring (bicyclic) bond motifs is 1. The number of aromatic nitrogens is 1. The van der Waals surface area contributed by atoms with E-state index >= 15 is 4.39 Å². The van der Waals surface area contributed by atoms with Crippen molar-refractivity contribution in [2.45, 2.75) is 63.8 Å². The number of benzene rings is 1. The number of carbonyl (C=O) groups is 2. The summed E-state index contributed by atoms with van der Waals surface area (Å²) < 4.78 is 42.6. The van der Waals surface area contributed by atoms with Gasteiger partial charge >= 0.3 is 11.9 Å². The van der Waals surface area contributed by atoms with E-state index in [1.165, 1.54) is 4.57 Å². The van der Waals surface area contributed by atoms with Gasteiger partial charge in [-0.05, 0) is 46.1 Å². The van der Waals surface area contributed by atoms with Crippen LogP contribution in [0.1, 0.15) is 56.4 Å². The van der Waals surface area contributed by atoms with Crippen LogP contribution in [-0.2, 0) is 9.53 Å². The Labute approximate surface area is 194 Å². The number of ether oxygens (including phenoxy) is 2. The Morgan fingerprint density at radius 1 is 1.29 bits per heavy atom. The first kappa shape index (κ1) is 23.9. The number of nitrogens with zero attached hydrogens (tertiary/aromatic N) is 1. The molecule has 0 amide bonds. The molecule has 1 aromatic heterocycles. The summed E-state index contributed by atoms with van der Waals surface area (Å²) in [6.07, 6.45) is 1.41. The van der Waals surface area contributed by atoms with Crippen LogP contribution in [0.4, 0.5) is 8.78 Å². The van der Waals surface area contributed by atoms with E-state index < -0.39 is 58.1 Å². The highest BCUT2D eigenvalue weighted by Gasteiger charge is 2.39. The Kier molecular flexibility index (Phi) is 5.97. The molecular formula is C24H26F2N2O6. The van der Waals surface area contributed by atoms with E-state index in [1.807, 2.05) is 0 Å². The van der Waals surface area contributed by atoms with Gasteiger partial charge < -0.3 is 24.5 Å². The average Bonchev–Trinajstić information content (AvgIpc) is 3.48. The Morgan fingerprint density at radius 3 is 2.50 bits per heavy atom. The molecule has 4 rings (SSSR count). The molecule has 8 nitrogen and oxygen atoms in total. The number of carboxylic acids is 1. The second kappa shape index (κ2) is 8.50. The third kappa shape index (κ3) is 4.54. The number of halogens is 2. The van der Waals surface area contributed by atoms with E-state index in [2.05, 4.69) is 11.9 Å². The lowest BCUT2D eigenvalue weighted by molar-refractivity contribution is -0.164. The van der Waals surface area contributed by atoms with Gasteiger partial charge in [-0.25, -0.2) is 14.0 Å². The van der Waals surface area contributed by atoms with Crippen molar-refractivity contribution < 1.29 is 33.0 Å². The van der Waals surface area contributed by atoms with Gasteiger partial charge in [-0.2, -0.15) is 4.39 Å². The first-order chi connectivity index (χ1) is 15.9. The summed E-state index contributed by atoms with van der Waals surface area (Å²) in [5.41, 5.74) is -1.70. The third-order valence-electron chi connectivity index (χ3n) is 5.71. The largest absolute Gasteiger partial charge is 0.477 e. The van der Waals surface area contributed by atoms with Crippen molar-refractivity contribution in [1.82, 2.24) is 9.88 Å². The topological polar surface area (TPSA) is 107 Å². The van der Waals surface area contributed by atoms with E-state index in [4.69, 9.17) is 9.47 Å². The molecule has 0 spiro atoms. The van der Waals surface area contributed by atoms with Gasteiger partial charge in [0.2, 0.25) is 17.3 Å². The number of nitrogens with one attached hydrogen (secondary N) is 1. The number of hydrogen-bond acceptors (Lipinski definition) is 6. The van der Waals surface area contributed by atoms with Crippen LogP contribution in [-0.4, -0.2) is 45.9 Å². The SMILES string of the molecule is C=C1CN[C@@H](C(Oc2c(F)c(F)cc3c(=O)c(C(=O)O)cn(C4CC4)c23)C(=O)OC(C)(C)C)C1. The molecule has 2 aliphatic rings. The summed E-state index contributed by atoms with van der Waals surface area (Å²) in [6, 6.07) is -0.166. The number of aromatic carboxylic acids is 1. The standard InChI is InChI=1S/C24H26F2N2O6/c1-11-7-16(27-9-11)20(23(32)34-24(2,3)4)33-21-17(26)15(25)8-13-18(21)28(12-5-6-12)10-14(19(13)29)22(30)31/h8,10,12,16,20,27H,1,5-7,9H2,2-4H3,(H,30,31)/t16-,20?/m1/s1. The van der Waals surface area contributed by atoms with E-state index in [0.717, 1.165) is 11.8 Å². The van der Waals surface area contributed by atoms with E-state index in [9.17, 15) is 23.9 Å². The van der Waals surface area contributed by atoms with Crippen molar-refractivity contribution >= 4 is 22.8 Å². The van der Waals surface area contributed by atoms with Gasteiger partial charge in [0, 0.05) is 18.8 Å². The lowest BCUT2D eigenvalue weighted by atomic mass is 10.1. The van der Waals surface area contributed by atoms with Gasteiger partial charge in [-0.15, -0.1) is 0 Å². The second-order valence-corrected chi connectivity index (χ2v) is 9.73. The summed E-state index contributed by atoms with van der Waals surface area (Å²) in [6.45, 7) is 9.30. The first-order valence-electron chi connectivity index (χ1n) is 11.0. The number of carbonyl (C=O) groups excluding carboxylic acids is 1. The smallest absolute Gasteiger partial charge is 0.349 e. The number of carboxylic acid groups (broad SMARTS) is 1. The molecule has 1 aromatic carbocycles. The maximum Gasteiger partial charge on any atom is 0.349 e. The van der Waals surface area contributed by atoms with Gasteiger partial charge in [0.1, 0.15) is 11.2 Å². The Morgan fingerprint density at radius 2 is 1.97 bits per heavy atom. The van der Waals surface area contributed by atoms with Crippen molar-refractivity contribution in [3.8, 4) is 5.75 Å². The molecule has 1 saturated carbocycles. The van der Waals surface area contributed by atoms with E-state index in [0.29, 0.717) is 31.9 Å². The highest BCUT2D eigenvalue weighted by molar-refractivity contribution is 5.94. The van der Waals surface area contributed by atoms with Crippen LogP contribution in [0.3, 0.4) is 0 Å². The molecule has 1 saturated heterocycles. The van der Waals surface area contributed by atoms with Crippen molar-refractivity contribution in [3.05, 3.63) is 51.8 Å². The summed E-state index contributed by atoms with van der Waals surface area (Å²) in [5.74, 6) is -5.68. The van der Waals surface area contributed by atoms with Crippen molar-refractivity contribution in [3.63, 3.8) is 0 Å². The van der Waals surface area contributed by atoms with E-state index in [-0.39, 0.29) is 16.9 Å². The fourth-order valence-electron chi connectivity index (χ4n) is 4.06. The summed E-state index contributed by atoms with van der Waals surface area (Å²) in [4.78, 5) is 37.5. The summed E-state index contributed by atoms with van der Waals surface area (Å²) in [7, 11) is 0. The maximum absolute atomic E-state index is 15.2. The van der Waals surface area contributed by atoms with Crippen LogP contribution >= 0.6 is 0 Å². The molecule has 1 aliphatic heterocycles. The predicted molar refractivity (Wildman–Crippen MR) is 119 cm³/mol. The number of pyridine rings is 1. The second-order valence-electron chi connectivity index (χ2n) is 9.73. The maximum atomic E-state index is 15.2. The van der Waals surface area contributed by atoms with Crippen molar-refractivity contribution in [1.29, 1.82) is 0 Å². The molecular weight excluding hydrogens is 450 g/mol. The van der Waals surface area contributed by atoms with Gasteiger partial charge in [0.25, 0.3) is 0 Å². The number of hydrogen-bond donors (Lipinski definition) is 2. The monoisotopic (exact) mass is 476 g/mol. The van der Waals surface area contributed by atoms with Gasteiger partial charge in [-0.3, -0.25) is 4.79 Å². The molecule has 2 fully saturated rings. The lowest BCUT2D eigenvalue weighted by Crippen LogP contribution is -2.47. The van der Waals surface area contributed by atoms with Crippen molar-refractivity contribution in [2.24, 2.45) is 0 Å². The van der Waals surface area contributed by atoms with Gasteiger partial charge in [0.05, 0.1) is 16.9 Å². The summed E-state index contributed by atoms with van der Waals surface area (Å²) in [5, 5.41) is 12.2. The quantitative estimate of drug-likeness (QED) is 0.487. The minimum atomic E-state index is -1.48. The lowest BCUT2D eigenvalue weighted by Gasteiger charge is -2.28. The minimum absolute atomic E-state index is 0.0956. The molecule has 1 unspecified atom stereocenters. The Bertz CT molecular complexity index is 1260. The number of esters is 1. The summed E-state index contributed by atoms with van der Waals surface area (Å²) >= 11 is 0. The van der Waals surface area contributed by atoms with E-state index in [1.54, 1.807) is 20.8 Å². The Hall–Kier alpha value is -3.27. The number of rotatable bonds is 6. The van der Waals surface area contributed by atoms with Crippen LogP contribution < -0.4 is 15.5 Å². The van der Waals surface area contributed by atoms with Crippen molar-refractivity contribution in [2.75, 3.05) is 6.54 Å². The molecule has 34 heavy (non-hydrogen) atoms. The average molecular weight is 476 g/mol. The van der Waals surface area contributed by atoms with Crippen LogP contribution in [0.2, 0.25) is 0 Å². The minimum Gasteiger partial charge on any atom is -0.477 e.